The fraction of sp³-hybridized carbons (Fsp3) is 0.615. The number of ether oxygens (including phenoxy) is 2. The van der Waals surface area contributed by atoms with Crippen LogP contribution in [0, 0.1) is 6.92 Å². The van der Waals surface area contributed by atoms with Crippen LogP contribution in [0.15, 0.2) is 4.79 Å². The summed E-state index contributed by atoms with van der Waals surface area (Å²) in [6.07, 6.45) is -0.604. The number of rotatable bonds is 6. The van der Waals surface area contributed by atoms with E-state index in [0.29, 0.717) is 6.92 Å². The molecule has 0 aliphatic heterocycles. The van der Waals surface area contributed by atoms with Gasteiger partial charge in [-0.1, -0.05) is 0 Å². The number of halogens is 2. The summed E-state index contributed by atoms with van der Waals surface area (Å²) in [5, 5.41) is 5.81. The predicted molar refractivity (Wildman–Crippen MR) is 70.2 cm³/mol. The molecule has 0 radical (unpaired) electrons. The van der Waals surface area contributed by atoms with E-state index in [1.807, 2.05) is 5.10 Å². The number of hydrogen-bond donors (Lipinski definition) is 1. The Morgan fingerprint density at radius 2 is 2.10 bits per heavy atom. The number of aromatic amines is 1. The third kappa shape index (κ3) is 4.32. The van der Waals surface area contributed by atoms with E-state index in [1.54, 1.807) is 6.92 Å². The Balaban J connectivity index is 2.94. The largest absolute Gasteiger partial charge is 0.469 e. The maximum Gasteiger partial charge on any atom is 0.307 e. The second kappa shape index (κ2) is 6.75. The van der Waals surface area contributed by atoms with Crippen molar-refractivity contribution in [2.45, 2.75) is 39.2 Å². The first-order valence-electron chi connectivity index (χ1n) is 6.34. The van der Waals surface area contributed by atoms with Crippen LogP contribution in [0.3, 0.4) is 0 Å². The van der Waals surface area contributed by atoms with Crippen molar-refractivity contribution in [3.05, 3.63) is 27.2 Å². The molecule has 1 N–H and O–H groups in total. The summed E-state index contributed by atoms with van der Waals surface area (Å²) in [6.45, 7) is 3.70. The van der Waals surface area contributed by atoms with Crippen LogP contribution in [0.5, 0.6) is 0 Å². The van der Waals surface area contributed by atoms with Gasteiger partial charge in [0.25, 0.3) is 11.5 Å². The molecule has 8 heteroatoms. The summed E-state index contributed by atoms with van der Waals surface area (Å²) in [6, 6.07) is 0. The molecular formula is C13H18F2N2O4. The van der Waals surface area contributed by atoms with Crippen LogP contribution in [0.4, 0.5) is 8.78 Å². The lowest BCUT2D eigenvalue weighted by Crippen LogP contribution is -2.27. The average Bonchev–Trinajstić information content (AvgIpc) is 2.36. The minimum absolute atomic E-state index is 0.0417. The normalized spacial score (nSPS) is 13.0. The Hall–Kier alpha value is -1.83. The highest BCUT2D eigenvalue weighted by Gasteiger charge is 2.32. The summed E-state index contributed by atoms with van der Waals surface area (Å²) in [4.78, 5) is 22.5. The van der Waals surface area contributed by atoms with Crippen LogP contribution < -0.4 is 5.56 Å². The first-order valence-corrected chi connectivity index (χ1v) is 6.34. The van der Waals surface area contributed by atoms with Crippen LogP contribution in [-0.2, 0) is 20.2 Å². The number of H-pyrrole nitrogens is 1. The topological polar surface area (TPSA) is 81.3 Å². The molecule has 0 aromatic carbocycles. The van der Waals surface area contributed by atoms with Crippen LogP contribution in [0.25, 0.3) is 0 Å². The van der Waals surface area contributed by atoms with Crippen molar-refractivity contribution in [1.82, 2.24) is 10.2 Å². The van der Waals surface area contributed by atoms with Gasteiger partial charge in [-0.15, -0.1) is 0 Å². The van der Waals surface area contributed by atoms with E-state index in [4.69, 9.17) is 4.74 Å². The number of nitrogens with zero attached hydrogens (tertiary/aromatic N) is 1. The quantitative estimate of drug-likeness (QED) is 0.811. The molecule has 0 fully saturated rings. The highest BCUT2D eigenvalue weighted by atomic mass is 19.3. The average molecular weight is 304 g/mol. The van der Waals surface area contributed by atoms with Gasteiger partial charge in [0.2, 0.25) is 0 Å². The minimum atomic E-state index is -3.28. The van der Waals surface area contributed by atoms with Gasteiger partial charge in [0, 0.05) is 6.92 Å². The first kappa shape index (κ1) is 17.2. The standard InChI is InChI=1S/C13H18F2N2O4/c1-7-10(13(3,14)15)12(19)17-16-11(7)8(2)21-6-5-9(18)20-4/h8H,5-6H2,1-4H3,(H,17,19). The van der Waals surface area contributed by atoms with Crippen LogP contribution in [0.2, 0.25) is 0 Å². The van der Waals surface area contributed by atoms with Crippen molar-refractivity contribution < 1.29 is 23.0 Å². The van der Waals surface area contributed by atoms with Gasteiger partial charge in [-0.25, -0.2) is 13.9 Å². The summed E-state index contributed by atoms with van der Waals surface area (Å²) in [7, 11) is 1.26. The van der Waals surface area contributed by atoms with Crippen LogP contribution >= 0.6 is 0 Å². The zero-order valence-corrected chi connectivity index (χ0v) is 12.3. The Labute approximate surface area is 120 Å². The molecule has 6 nitrogen and oxygen atoms in total. The van der Waals surface area contributed by atoms with Crippen molar-refractivity contribution in [3.8, 4) is 0 Å². The number of methoxy groups -OCH3 is 1. The van der Waals surface area contributed by atoms with E-state index in [-0.39, 0.29) is 24.3 Å². The summed E-state index contributed by atoms with van der Waals surface area (Å²) >= 11 is 0. The maximum atomic E-state index is 13.5. The molecule has 1 rings (SSSR count). The molecule has 0 saturated heterocycles. The SMILES string of the molecule is COC(=O)CCOC(C)c1n[nH]c(=O)c(C(C)(F)F)c1C. The van der Waals surface area contributed by atoms with Crippen molar-refractivity contribution >= 4 is 5.97 Å². The lowest BCUT2D eigenvalue weighted by molar-refractivity contribution is -0.142. The van der Waals surface area contributed by atoms with Gasteiger partial charge in [-0.2, -0.15) is 5.10 Å². The molecule has 1 aromatic heterocycles. The van der Waals surface area contributed by atoms with E-state index in [0.717, 1.165) is 0 Å². The summed E-state index contributed by atoms with van der Waals surface area (Å²) in [5.74, 6) is -3.71. The summed E-state index contributed by atoms with van der Waals surface area (Å²) in [5.41, 5.74) is -1.27. The molecule has 1 atom stereocenters. The smallest absolute Gasteiger partial charge is 0.307 e. The molecule has 21 heavy (non-hydrogen) atoms. The highest BCUT2D eigenvalue weighted by Crippen LogP contribution is 2.29. The zero-order valence-electron chi connectivity index (χ0n) is 12.3. The minimum Gasteiger partial charge on any atom is -0.469 e. The lowest BCUT2D eigenvalue weighted by atomic mass is 10.0. The predicted octanol–water partition coefficient (Wildman–Crippen LogP) is 1.83. The Morgan fingerprint density at radius 3 is 2.62 bits per heavy atom. The van der Waals surface area contributed by atoms with E-state index in [2.05, 4.69) is 9.84 Å². The van der Waals surface area contributed by atoms with E-state index >= 15 is 0 Å². The van der Waals surface area contributed by atoms with Crippen molar-refractivity contribution in [1.29, 1.82) is 0 Å². The third-order valence-electron chi connectivity index (χ3n) is 2.99. The van der Waals surface area contributed by atoms with Crippen molar-refractivity contribution in [3.63, 3.8) is 0 Å². The molecule has 1 aromatic rings. The molecule has 1 unspecified atom stereocenters. The van der Waals surface area contributed by atoms with Gasteiger partial charge >= 0.3 is 5.97 Å². The van der Waals surface area contributed by atoms with Crippen molar-refractivity contribution in [2.24, 2.45) is 0 Å². The Bertz CT molecular complexity index is 566. The van der Waals surface area contributed by atoms with Gasteiger partial charge in [0.1, 0.15) is 0 Å². The number of hydrogen-bond acceptors (Lipinski definition) is 5. The number of aromatic nitrogens is 2. The van der Waals surface area contributed by atoms with E-state index < -0.39 is 29.1 Å². The molecule has 1 heterocycles. The second-order valence-corrected chi connectivity index (χ2v) is 4.67. The molecule has 118 valence electrons. The number of alkyl halides is 2. The summed E-state index contributed by atoms with van der Waals surface area (Å²) < 4.78 is 36.8. The van der Waals surface area contributed by atoms with Gasteiger partial charge in [-0.3, -0.25) is 9.59 Å². The Morgan fingerprint density at radius 1 is 1.48 bits per heavy atom. The Kier molecular flexibility index (Phi) is 5.54. The molecule has 0 aliphatic rings. The molecule has 0 spiro atoms. The molecule has 0 saturated carbocycles. The van der Waals surface area contributed by atoms with E-state index in [9.17, 15) is 18.4 Å². The molecular weight excluding hydrogens is 286 g/mol. The molecule has 0 aliphatic carbocycles. The highest BCUT2D eigenvalue weighted by molar-refractivity contribution is 5.69. The molecule has 0 amide bonds. The van der Waals surface area contributed by atoms with Gasteiger partial charge < -0.3 is 9.47 Å². The maximum absolute atomic E-state index is 13.5. The number of carbonyl (C=O) groups excluding carboxylic acids is 1. The van der Waals surface area contributed by atoms with E-state index in [1.165, 1.54) is 14.0 Å². The fourth-order valence-corrected chi connectivity index (χ4v) is 1.97. The van der Waals surface area contributed by atoms with Gasteiger partial charge in [-0.05, 0) is 19.4 Å². The fourth-order valence-electron chi connectivity index (χ4n) is 1.97. The number of esters is 1. The lowest BCUT2D eigenvalue weighted by Gasteiger charge is -2.18. The van der Waals surface area contributed by atoms with Crippen LogP contribution in [0.1, 0.15) is 43.2 Å². The third-order valence-corrected chi connectivity index (χ3v) is 2.99. The van der Waals surface area contributed by atoms with Gasteiger partial charge in [0.15, 0.2) is 0 Å². The number of carbonyl (C=O) groups is 1. The zero-order chi connectivity index (χ0) is 16.2. The number of nitrogens with one attached hydrogen (secondary N) is 1. The monoisotopic (exact) mass is 304 g/mol. The van der Waals surface area contributed by atoms with Gasteiger partial charge in [0.05, 0.1) is 37.5 Å². The first-order chi connectivity index (χ1) is 9.68. The molecule has 0 bridgehead atoms. The second-order valence-electron chi connectivity index (χ2n) is 4.67. The van der Waals surface area contributed by atoms with Crippen molar-refractivity contribution in [2.75, 3.05) is 13.7 Å². The van der Waals surface area contributed by atoms with Crippen LogP contribution in [-0.4, -0.2) is 29.9 Å².